The van der Waals surface area contributed by atoms with Gasteiger partial charge in [0.25, 0.3) is 15.6 Å². The first-order chi connectivity index (χ1) is 18.5. The molecule has 0 bridgehead atoms. The second kappa shape index (κ2) is 18.5. The summed E-state index contributed by atoms with van der Waals surface area (Å²) in [6.45, 7) is -1.02. The van der Waals surface area contributed by atoms with Gasteiger partial charge in [-0.15, -0.1) is 0 Å². The maximum absolute atomic E-state index is 12.9. The third-order valence-electron chi connectivity index (χ3n) is 5.17. The molecule has 1 fully saturated rings. The average molecular weight is 733 g/mol. The summed E-state index contributed by atoms with van der Waals surface area (Å²) in [5.41, 5.74) is 11.9. The summed E-state index contributed by atoms with van der Waals surface area (Å²) in [6, 6.07) is 4.02. The number of hydrogen-bond acceptors (Lipinski definition) is 18. The van der Waals surface area contributed by atoms with E-state index in [-0.39, 0.29) is 158 Å². The Bertz CT molecular complexity index is 1600. The Morgan fingerprint density at radius 3 is 2.32 bits per heavy atom. The maximum Gasteiger partial charge on any atom is 1.00 e. The van der Waals surface area contributed by atoms with E-state index in [1.807, 2.05) is 0 Å². The monoisotopic (exact) mass is 732 g/mol. The molecule has 1 aliphatic heterocycles. The number of esters is 1. The summed E-state index contributed by atoms with van der Waals surface area (Å²) >= 11 is 5.92. The summed E-state index contributed by atoms with van der Waals surface area (Å²) < 4.78 is 57.8. The number of nitrogen functional groups attached to an aromatic ring is 2. The van der Waals surface area contributed by atoms with Gasteiger partial charge in [-0.1, -0.05) is 11.6 Å². The molecule has 19 nitrogen and oxygen atoms in total. The van der Waals surface area contributed by atoms with E-state index in [1.165, 1.54) is 29.1 Å². The molecule has 0 saturated carbocycles. The van der Waals surface area contributed by atoms with Gasteiger partial charge in [0.15, 0.2) is 11.5 Å². The number of anilines is 2. The summed E-state index contributed by atoms with van der Waals surface area (Å²) in [4.78, 5) is 69.4. The molecule has 1 saturated heterocycles. The number of carbonyl (C=O) groups excluding carboxylic acids is 1. The Morgan fingerprint density at radius 1 is 1.02 bits per heavy atom. The van der Waals surface area contributed by atoms with Crippen LogP contribution in [-0.2, 0) is 36.3 Å². The van der Waals surface area contributed by atoms with Gasteiger partial charge in [0.1, 0.15) is 30.3 Å². The van der Waals surface area contributed by atoms with Crippen molar-refractivity contribution in [2.45, 2.75) is 24.9 Å². The Balaban J connectivity index is 0.00000462. The number of fused-ring (bicyclic) bond motifs is 1. The molecule has 27 heteroatoms. The van der Waals surface area contributed by atoms with E-state index >= 15 is 0 Å². The number of nitrogens with two attached hydrogens (primary N) is 2. The number of benzene rings is 1. The fourth-order valence-electron chi connectivity index (χ4n) is 3.58. The standard InChI is InChI=1S/C17H20ClN6O13P3.4Na/c18-8-1-2-10(19)9(3-8)17(25)35-11-4-13(24-7-23-14-15(20)21-6-22-16(14)24)34-12(11)5-33-39(29,30)37-40(31,32)36-38(26,27)28;;;;/h1-3,6-7,11-13H,4-5,19H2,(H,29,30)(H,31,32)(H2,20,21,22)(H2,26,27,28);;;;/q;4*+1/p-4/t11-,12+,13+;;;;/m0..../s1. The summed E-state index contributed by atoms with van der Waals surface area (Å²) in [5, 5.41) is 0.165. The third kappa shape index (κ3) is 12.4. The summed E-state index contributed by atoms with van der Waals surface area (Å²) in [5.74, 6) is -0.919. The summed E-state index contributed by atoms with van der Waals surface area (Å²) in [6.07, 6.45) is -1.37. The van der Waals surface area contributed by atoms with Crippen molar-refractivity contribution < 1.29 is 179 Å². The smallest absolute Gasteiger partial charge is 0.790 e. The Morgan fingerprint density at radius 2 is 1.68 bits per heavy atom. The van der Waals surface area contributed by atoms with Gasteiger partial charge in [-0.3, -0.25) is 18.0 Å². The molecule has 0 spiro atoms. The zero-order chi connectivity index (χ0) is 29.5. The molecular formula is C17H16ClN6Na4O13P3. The number of hydrogen-bond donors (Lipinski definition) is 2. The van der Waals surface area contributed by atoms with Crippen LogP contribution in [0.1, 0.15) is 23.0 Å². The van der Waals surface area contributed by atoms with Crippen molar-refractivity contribution in [1.29, 1.82) is 0 Å². The number of imidazole rings is 1. The number of halogens is 1. The minimum absolute atomic E-state index is 0. The van der Waals surface area contributed by atoms with Crippen molar-refractivity contribution in [1.82, 2.24) is 19.5 Å². The number of ether oxygens (including phenoxy) is 2. The fourth-order valence-corrected chi connectivity index (χ4v) is 6.62. The van der Waals surface area contributed by atoms with Crippen molar-refractivity contribution in [3.8, 4) is 0 Å². The van der Waals surface area contributed by atoms with Crippen molar-refractivity contribution in [3.05, 3.63) is 41.4 Å². The number of rotatable bonds is 10. The first kappa shape index (κ1) is 45.5. The molecule has 2 aromatic heterocycles. The molecule has 3 aromatic rings. The van der Waals surface area contributed by atoms with Crippen molar-refractivity contribution in [2.24, 2.45) is 0 Å². The molecule has 2 unspecified atom stereocenters. The van der Waals surface area contributed by atoms with Crippen molar-refractivity contribution in [2.75, 3.05) is 18.1 Å². The van der Waals surface area contributed by atoms with Crippen LogP contribution < -0.4 is 149 Å². The minimum Gasteiger partial charge on any atom is -0.790 e. The van der Waals surface area contributed by atoms with Crippen molar-refractivity contribution >= 4 is 63.7 Å². The van der Waals surface area contributed by atoms with Crippen LogP contribution in [0.3, 0.4) is 0 Å². The van der Waals surface area contributed by atoms with Gasteiger partial charge in [-0.2, -0.15) is 0 Å². The molecule has 4 N–H and O–H groups in total. The fraction of sp³-hybridized carbons (Fsp3) is 0.294. The van der Waals surface area contributed by atoms with Gasteiger partial charge in [0, 0.05) is 17.1 Å². The van der Waals surface area contributed by atoms with E-state index in [1.54, 1.807) is 0 Å². The SMILES string of the molecule is Nc1ccc(Cl)cc1C(=O)O[C@H]1C[C@H](n2cnc3c(N)ncnc32)O[C@@H]1COP(=O)([O-])OP(=O)([O-])OP(=O)([O-])[O-].[Na+].[Na+].[Na+].[Na+]. The zero-order valence-electron chi connectivity index (χ0n) is 23.5. The van der Waals surface area contributed by atoms with E-state index in [0.29, 0.717) is 0 Å². The second-order valence-electron chi connectivity index (χ2n) is 7.92. The topological polar surface area (TPSA) is 302 Å². The van der Waals surface area contributed by atoms with Crippen LogP contribution in [0.15, 0.2) is 30.9 Å². The molecule has 218 valence electrons. The van der Waals surface area contributed by atoms with Gasteiger partial charge in [-0.25, -0.2) is 24.1 Å². The first-order valence-electron chi connectivity index (χ1n) is 10.6. The molecule has 0 aliphatic carbocycles. The van der Waals surface area contributed by atoms with Crippen LogP contribution in [0, 0.1) is 0 Å². The van der Waals surface area contributed by atoms with E-state index in [9.17, 15) is 38.1 Å². The molecule has 0 radical (unpaired) electrons. The largest absolute Gasteiger partial charge is 1.00 e. The molecule has 4 rings (SSSR count). The maximum atomic E-state index is 12.9. The van der Waals surface area contributed by atoms with E-state index in [4.69, 9.17) is 32.5 Å². The van der Waals surface area contributed by atoms with Gasteiger partial charge in [0.2, 0.25) is 0 Å². The normalized spacial score (nSPS) is 20.5. The molecule has 5 atom stereocenters. The van der Waals surface area contributed by atoms with Gasteiger partial charge in [-0.05, 0) is 18.2 Å². The zero-order valence-corrected chi connectivity index (χ0v) is 34.9. The second-order valence-corrected chi connectivity index (χ2v) is 12.6. The Kier molecular flexibility index (Phi) is 19.1. The van der Waals surface area contributed by atoms with Crippen LogP contribution >= 0.6 is 35.1 Å². The minimum atomic E-state index is -6.20. The molecule has 3 heterocycles. The average Bonchev–Trinajstić information content (AvgIpc) is 3.41. The van der Waals surface area contributed by atoms with Crippen LogP contribution in [0.25, 0.3) is 11.2 Å². The van der Waals surface area contributed by atoms with Gasteiger partial charge in [0.05, 0.1) is 26.3 Å². The van der Waals surface area contributed by atoms with Crippen LogP contribution in [0.5, 0.6) is 0 Å². The predicted octanol–water partition coefficient (Wildman–Crippen LogP) is -13.0. The number of phosphoric ester groups is 1. The quantitative estimate of drug-likeness (QED) is 0.0846. The number of aromatic nitrogens is 4. The van der Waals surface area contributed by atoms with E-state index in [0.717, 1.165) is 6.33 Å². The van der Waals surface area contributed by atoms with Crippen LogP contribution in [-0.4, -0.2) is 44.3 Å². The first-order valence-corrected chi connectivity index (χ1v) is 15.4. The van der Waals surface area contributed by atoms with E-state index < -0.39 is 54.5 Å². The molecule has 0 amide bonds. The van der Waals surface area contributed by atoms with Crippen LogP contribution in [0.2, 0.25) is 5.02 Å². The molecule has 44 heavy (non-hydrogen) atoms. The Hall–Kier alpha value is 1.50. The van der Waals surface area contributed by atoms with Gasteiger partial charge >= 0.3 is 124 Å². The van der Waals surface area contributed by atoms with Gasteiger partial charge < -0.3 is 49.6 Å². The Labute approximate surface area is 342 Å². The van der Waals surface area contributed by atoms with Crippen molar-refractivity contribution in [3.63, 3.8) is 0 Å². The summed E-state index contributed by atoms with van der Waals surface area (Å²) in [7, 11) is -18.3. The number of phosphoric acid groups is 3. The third-order valence-corrected chi connectivity index (χ3v) is 9.07. The number of nitrogens with zero attached hydrogens (tertiary/aromatic N) is 4. The number of carbonyl (C=O) groups is 1. The molecule has 1 aromatic carbocycles. The van der Waals surface area contributed by atoms with E-state index in [2.05, 4.69) is 28.1 Å². The molecular weight excluding hydrogens is 717 g/mol. The molecule has 1 aliphatic rings. The van der Waals surface area contributed by atoms with Crippen LogP contribution in [0.4, 0.5) is 11.5 Å². The predicted molar refractivity (Wildman–Crippen MR) is 124 cm³/mol.